The maximum Gasteiger partial charge on any atom is 0.305 e. The number of allylic oxidation sites excluding steroid dienone is 4. The summed E-state index contributed by atoms with van der Waals surface area (Å²) in [6.07, 6.45) is 26.0. The van der Waals surface area contributed by atoms with E-state index in [0.29, 0.717) is 6.42 Å². The maximum absolute atomic E-state index is 10.9. The van der Waals surface area contributed by atoms with Gasteiger partial charge in [-0.2, -0.15) is 0 Å². The Hall–Kier alpha value is -1.05. The number of ether oxygens (including phenoxy) is 1. The molecule has 0 saturated heterocycles. The highest BCUT2D eigenvalue weighted by Crippen LogP contribution is 2.08. The molecular weight excluding hydrogens is 284 g/mol. The Morgan fingerprint density at radius 3 is 1.83 bits per heavy atom. The van der Waals surface area contributed by atoms with Gasteiger partial charge < -0.3 is 4.74 Å². The zero-order valence-electron chi connectivity index (χ0n) is 15.5. The predicted octanol–water partition coefficient (Wildman–Crippen LogP) is 6.75. The fourth-order valence-corrected chi connectivity index (χ4v) is 2.54. The van der Waals surface area contributed by atoms with Gasteiger partial charge in [-0.1, -0.05) is 76.2 Å². The lowest BCUT2D eigenvalue weighted by molar-refractivity contribution is -0.140. The smallest absolute Gasteiger partial charge is 0.305 e. The van der Waals surface area contributed by atoms with Crippen molar-refractivity contribution in [3.8, 4) is 0 Å². The first-order valence-corrected chi connectivity index (χ1v) is 9.68. The van der Waals surface area contributed by atoms with Crippen LogP contribution in [0.3, 0.4) is 0 Å². The largest absolute Gasteiger partial charge is 0.469 e. The normalized spacial score (nSPS) is 11.6. The van der Waals surface area contributed by atoms with Gasteiger partial charge in [0.2, 0.25) is 0 Å². The molecule has 0 N–H and O–H groups in total. The molecule has 0 aromatic rings. The monoisotopic (exact) mass is 322 g/mol. The van der Waals surface area contributed by atoms with E-state index in [4.69, 9.17) is 0 Å². The molecule has 0 radical (unpaired) electrons. The van der Waals surface area contributed by atoms with Gasteiger partial charge in [-0.25, -0.2) is 0 Å². The minimum Gasteiger partial charge on any atom is -0.469 e. The molecule has 0 bridgehead atoms. The topological polar surface area (TPSA) is 26.3 Å². The Bertz CT molecular complexity index is 305. The Morgan fingerprint density at radius 2 is 1.26 bits per heavy atom. The molecule has 2 heteroatoms. The van der Waals surface area contributed by atoms with Gasteiger partial charge in [0.25, 0.3) is 0 Å². The van der Waals surface area contributed by atoms with E-state index in [2.05, 4.69) is 36.0 Å². The molecule has 0 rings (SSSR count). The van der Waals surface area contributed by atoms with E-state index in [-0.39, 0.29) is 5.97 Å². The van der Waals surface area contributed by atoms with Crippen molar-refractivity contribution in [1.29, 1.82) is 0 Å². The average Bonchev–Trinajstić information content (AvgIpc) is 2.57. The fraction of sp³-hybridized carbons (Fsp3) is 0.762. The van der Waals surface area contributed by atoms with Crippen molar-refractivity contribution in [3.05, 3.63) is 24.3 Å². The van der Waals surface area contributed by atoms with Crippen LogP contribution in [0.4, 0.5) is 0 Å². The molecule has 0 fully saturated rings. The summed E-state index contributed by atoms with van der Waals surface area (Å²) in [7, 11) is 1.45. The van der Waals surface area contributed by atoms with Crippen LogP contribution in [0.2, 0.25) is 0 Å². The SMILES string of the molecule is CCCCCCCC/C=C\C/C=C\CCCCCCC(=O)OC. The van der Waals surface area contributed by atoms with Crippen LogP contribution >= 0.6 is 0 Å². The third-order valence-electron chi connectivity index (χ3n) is 4.06. The zero-order chi connectivity index (χ0) is 17.0. The summed E-state index contributed by atoms with van der Waals surface area (Å²) in [6, 6.07) is 0. The lowest BCUT2D eigenvalue weighted by Crippen LogP contribution is -1.98. The molecule has 2 nitrogen and oxygen atoms in total. The molecule has 0 spiro atoms. The van der Waals surface area contributed by atoms with Crippen molar-refractivity contribution in [2.45, 2.75) is 96.8 Å². The number of unbranched alkanes of at least 4 members (excludes halogenated alkanes) is 10. The maximum atomic E-state index is 10.9. The molecule has 0 aliphatic heterocycles. The average molecular weight is 323 g/mol. The van der Waals surface area contributed by atoms with Crippen LogP contribution in [-0.4, -0.2) is 13.1 Å². The Morgan fingerprint density at radius 1 is 0.739 bits per heavy atom. The molecule has 134 valence electrons. The van der Waals surface area contributed by atoms with Gasteiger partial charge >= 0.3 is 5.97 Å². The minimum atomic E-state index is -0.0855. The van der Waals surface area contributed by atoms with Crippen molar-refractivity contribution < 1.29 is 9.53 Å². The van der Waals surface area contributed by atoms with Gasteiger partial charge in [0.15, 0.2) is 0 Å². The van der Waals surface area contributed by atoms with Gasteiger partial charge in [0.05, 0.1) is 7.11 Å². The second kappa shape index (κ2) is 19.0. The molecule has 0 aliphatic rings. The molecule has 0 aromatic heterocycles. The number of hydrogen-bond donors (Lipinski definition) is 0. The van der Waals surface area contributed by atoms with E-state index in [1.54, 1.807) is 0 Å². The molecule has 0 saturated carbocycles. The summed E-state index contributed by atoms with van der Waals surface area (Å²) in [5, 5.41) is 0. The van der Waals surface area contributed by atoms with E-state index in [9.17, 15) is 4.79 Å². The van der Waals surface area contributed by atoms with Crippen molar-refractivity contribution in [2.24, 2.45) is 0 Å². The predicted molar refractivity (Wildman–Crippen MR) is 101 cm³/mol. The molecular formula is C21H38O2. The zero-order valence-corrected chi connectivity index (χ0v) is 15.5. The highest BCUT2D eigenvalue weighted by molar-refractivity contribution is 5.68. The first kappa shape index (κ1) is 21.9. The summed E-state index contributed by atoms with van der Waals surface area (Å²) >= 11 is 0. The lowest BCUT2D eigenvalue weighted by atomic mass is 10.1. The number of hydrogen-bond acceptors (Lipinski definition) is 2. The van der Waals surface area contributed by atoms with Crippen molar-refractivity contribution in [3.63, 3.8) is 0 Å². The standard InChI is InChI=1S/C21H38O2/c1-3-4-5-6-7-8-9-10-11-12-13-14-15-16-17-18-19-20-21(22)23-2/h10-11,13-14H,3-9,12,15-20H2,1-2H3/b11-10-,14-13-. The molecule has 0 heterocycles. The molecule has 23 heavy (non-hydrogen) atoms. The van der Waals surface area contributed by atoms with E-state index in [1.165, 1.54) is 64.9 Å². The Balaban J connectivity index is 3.21. The fourth-order valence-electron chi connectivity index (χ4n) is 2.54. The number of esters is 1. The van der Waals surface area contributed by atoms with Crippen LogP contribution < -0.4 is 0 Å². The number of carbonyl (C=O) groups excluding carboxylic acids is 1. The third-order valence-corrected chi connectivity index (χ3v) is 4.06. The van der Waals surface area contributed by atoms with E-state index < -0.39 is 0 Å². The van der Waals surface area contributed by atoms with Gasteiger partial charge in [-0.3, -0.25) is 4.79 Å². The van der Waals surface area contributed by atoms with E-state index in [0.717, 1.165) is 25.7 Å². The molecule has 0 aliphatic carbocycles. The number of methoxy groups -OCH3 is 1. The van der Waals surface area contributed by atoms with Crippen LogP contribution in [0.1, 0.15) is 96.8 Å². The lowest BCUT2D eigenvalue weighted by Gasteiger charge is -1.99. The Labute approximate surface area is 144 Å². The summed E-state index contributed by atoms with van der Waals surface area (Å²) in [5.74, 6) is -0.0855. The van der Waals surface area contributed by atoms with Gasteiger partial charge in [0.1, 0.15) is 0 Å². The first-order chi connectivity index (χ1) is 11.3. The molecule has 0 aromatic carbocycles. The van der Waals surface area contributed by atoms with E-state index >= 15 is 0 Å². The van der Waals surface area contributed by atoms with Crippen LogP contribution in [0.25, 0.3) is 0 Å². The Kier molecular flexibility index (Phi) is 18.1. The second-order valence-electron chi connectivity index (χ2n) is 6.26. The van der Waals surface area contributed by atoms with Crippen LogP contribution in [0.15, 0.2) is 24.3 Å². The minimum absolute atomic E-state index is 0.0855. The van der Waals surface area contributed by atoms with Crippen LogP contribution in [-0.2, 0) is 9.53 Å². The van der Waals surface area contributed by atoms with Crippen LogP contribution in [0.5, 0.6) is 0 Å². The van der Waals surface area contributed by atoms with Crippen LogP contribution in [0, 0.1) is 0 Å². The molecule has 0 amide bonds. The summed E-state index contributed by atoms with van der Waals surface area (Å²) in [5.41, 5.74) is 0. The number of rotatable bonds is 16. The summed E-state index contributed by atoms with van der Waals surface area (Å²) in [6.45, 7) is 2.27. The van der Waals surface area contributed by atoms with Gasteiger partial charge in [-0.05, 0) is 38.5 Å². The van der Waals surface area contributed by atoms with Crippen molar-refractivity contribution in [2.75, 3.05) is 7.11 Å². The quantitative estimate of drug-likeness (QED) is 0.178. The van der Waals surface area contributed by atoms with Crippen molar-refractivity contribution in [1.82, 2.24) is 0 Å². The van der Waals surface area contributed by atoms with E-state index in [1.807, 2.05) is 0 Å². The first-order valence-electron chi connectivity index (χ1n) is 9.68. The highest BCUT2D eigenvalue weighted by Gasteiger charge is 1.98. The van der Waals surface area contributed by atoms with Crippen molar-refractivity contribution >= 4 is 5.97 Å². The molecule has 0 unspecified atom stereocenters. The summed E-state index contributed by atoms with van der Waals surface area (Å²) in [4.78, 5) is 10.9. The highest BCUT2D eigenvalue weighted by atomic mass is 16.5. The summed E-state index contributed by atoms with van der Waals surface area (Å²) < 4.78 is 4.62. The van der Waals surface area contributed by atoms with Gasteiger partial charge in [0, 0.05) is 6.42 Å². The number of carbonyl (C=O) groups is 1. The van der Waals surface area contributed by atoms with Gasteiger partial charge in [-0.15, -0.1) is 0 Å². The second-order valence-corrected chi connectivity index (χ2v) is 6.26. The third kappa shape index (κ3) is 18.9. The molecule has 0 atom stereocenters.